The van der Waals surface area contributed by atoms with Crippen LogP contribution >= 0.6 is 0 Å². The van der Waals surface area contributed by atoms with Gasteiger partial charge in [-0.25, -0.2) is 0 Å². The van der Waals surface area contributed by atoms with Crippen molar-refractivity contribution in [3.8, 4) is 17.2 Å². The highest BCUT2D eigenvalue weighted by atomic mass is 16.7. The summed E-state index contributed by atoms with van der Waals surface area (Å²) >= 11 is 0. The zero-order valence-corrected chi connectivity index (χ0v) is 28.9. The number of ether oxygens (including phenoxy) is 5. The number of methoxy groups -OCH3 is 1. The SMILES string of the molecule is C=C(C)[C@]1(C)Cc2c(O)c3c(c(O)c2[C@@H](OC2CC(N=[N+]=[N-])C(OC4CC(C)(O)C(O)C(C)O4)C(C)O2)C1)C(=O)c1c(OC)cccc1C3=O. The molecule has 14 nitrogen and oxygen atoms in total. The van der Waals surface area contributed by atoms with E-state index in [0.29, 0.717) is 0 Å². The number of aliphatic hydroxyl groups excluding tert-OH is 1. The molecule has 4 N–H and O–H groups in total. The molecule has 2 fully saturated rings. The van der Waals surface area contributed by atoms with Crippen molar-refractivity contribution in [2.75, 3.05) is 7.11 Å². The summed E-state index contributed by atoms with van der Waals surface area (Å²) < 4.78 is 30.2. The van der Waals surface area contributed by atoms with Crippen molar-refractivity contribution in [3.05, 3.63) is 74.2 Å². The summed E-state index contributed by atoms with van der Waals surface area (Å²) in [6, 6.07) is 3.78. The maximum atomic E-state index is 14.0. The van der Waals surface area contributed by atoms with Gasteiger partial charge in [-0.1, -0.05) is 36.3 Å². The number of phenols is 2. The van der Waals surface area contributed by atoms with Gasteiger partial charge in [0.1, 0.15) is 23.4 Å². The number of benzene rings is 2. The minimum Gasteiger partial charge on any atom is -0.507 e. The molecule has 50 heavy (non-hydrogen) atoms. The molecule has 2 aliphatic heterocycles. The monoisotopic (exact) mass is 693 g/mol. The van der Waals surface area contributed by atoms with Crippen LogP contribution in [-0.4, -0.2) is 87.7 Å². The van der Waals surface area contributed by atoms with E-state index in [1.54, 1.807) is 26.0 Å². The first-order valence-electron chi connectivity index (χ1n) is 16.6. The molecule has 14 heteroatoms. The first-order valence-corrected chi connectivity index (χ1v) is 16.6. The summed E-state index contributed by atoms with van der Waals surface area (Å²) in [5, 5.41) is 48.6. The standard InChI is InChI=1S/C36H43N3O11/c1-15(2)35(5)12-19-26(32(43)28-27(30(19)41)29(40)18-9-8-10-21(46-7)25(18)31(28)42)22(13-35)49-23-11-20(38-39-37)33(16(3)47-23)50-24-14-36(6,45)34(44)17(4)48-24/h8-10,16-17,20,22-24,33-34,41,43-45H,1,11-14H2,2-7H3/t16?,17?,20?,22-,23?,24?,33?,34?,35+,36?/m0/s1. The van der Waals surface area contributed by atoms with Crippen LogP contribution in [0.4, 0.5) is 0 Å². The van der Waals surface area contributed by atoms with Crippen LogP contribution in [0.3, 0.4) is 0 Å². The molecule has 2 heterocycles. The lowest BCUT2D eigenvalue weighted by Crippen LogP contribution is -2.57. The minimum atomic E-state index is -1.48. The fourth-order valence-electron chi connectivity index (χ4n) is 7.81. The molecule has 0 saturated carbocycles. The highest BCUT2D eigenvalue weighted by molar-refractivity contribution is 6.31. The Morgan fingerprint density at radius 1 is 1.02 bits per heavy atom. The van der Waals surface area contributed by atoms with Crippen molar-refractivity contribution >= 4 is 11.6 Å². The van der Waals surface area contributed by atoms with Crippen LogP contribution in [0.5, 0.6) is 17.2 Å². The van der Waals surface area contributed by atoms with Crippen LogP contribution in [0.1, 0.15) is 103 Å². The molecule has 2 aliphatic carbocycles. The summed E-state index contributed by atoms with van der Waals surface area (Å²) in [7, 11) is 1.37. The summed E-state index contributed by atoms with van der Waals surface area (Å²) in [5.74, 6) is -2.04. The van der Waals surface area contributed by atoms with Crippen LogP contribution in [0.25, 0.3) is 10.4 Å². The van der Waals surface area contributed by atoms with E-state index in [1.165, 1.54) is 20.1 Å². The fourth-order valence-corrected chi connectivity index (χ4v) is 7.81. The van der Waals surface area contributed by atoms with Crippen LogP contribution in [0.2, 0.25) is 0 Å². The Hall–Kier alpha value is -4.01. The highest BCUT2D eigenvalue weighted by Crippen LogP contribution is 2.56. The number of hydrogen-bond acceptors (Lipinski definition) is 12. The number of ketones is 2. The van der Waals surface area contributed by atoms with Crippen LogP contribution in [-0.2, 0) is 25.4 Å². The second-order valence-corrected chi connectivity index (χ2v) is 14.4. The lowest BCUT2D eigenvalue weighted by molar-refractivity contribution is -0.313. The zero-order valence-electron chi connectivity index (χ0n) is 28.9. The molecule has 2 aromatic rings. The molecule has 10 atom stereocenters. The number of carbonyl (C=O) groups is 2. The third-order valence-electron chi connectivity index (χ3n) is 10.8. The third kappa shape index (κ3) is 5.84. The van der Waals surface area contributed by atoms with E-state index in [1.807, 2.05) is 13.8 Å². The Morgan fingerprint density at radius 2 is 1.70 bits per heavy atom. The van der Waals surface area contributed by atoms with Gasteiger partial charge in [0, 0.05) is 34.4 Å². The normalized spacial score (nSPS) is 35.0. The molecule has 0 bridgehead atoms. The zero-order chi connectivity index (χ0) is 36.4. The minimum absolute atomic E-state index is 0.0118. The highest BCUT2D eigenvalue weighted by Gasteiger charge is 2.49. The molecule has 2 saturated heterocycles. The first-order chi connectivity index (χ1) is 23.5. The average Bonchev–Trinajstić information content (AvgIpc) is 3.05. The number of allylic oxidation sites excluding steroid dienone is 1. The van der Waals surface area contributed by atoms with Crippen LogP contribution in [0, 0.1) is 5.41 Å². The molecule has 8 unspecified atom stereocenters. The number of hydrogen-bond donors (Lipinski definition) is 4. The Labute approximate surface area is 289 Å². The predicted molar refractivity (Wildman–Crippen MR) is 177 cm³/mol. The van der Waals surface area contributed by atoms with E-state index in [2.05, 4.69) is 16.6 Å². The number of carbonyl (C=O) groups excluding carboxylic acids is 2. The summed E-state index contributed by atoms with van der Waals surface area (Å²) in [5.41, 5.74) is 7.93. The molecule has 0 spiro atoms. The second-order valence-electron chi connectivity index (χ2n) is 14.4. The molecule has 0 amide bonds. The lowest BCUT2D eigenvalue weighted by Gasteiger charge is -2.46. The number of aromatic hydroxyl groups is 2. The second kappa shape index (κ2) is 13.0. The van der Waals surface area contributed by atoms with Crippen molar-refractivity contribution in [3.63, 3.8) is 0 Å². The third-order valence-corrected chi connectivity index (χ3v) is 10.8. The summed E-state index contributed by atoms with van der Waals surface area (Å²) in [6.07, 6.45) is -5.80. The van der Waals surface area contributed by atoms with E-state index < -0.39 is 83.2 Å². The van der Waals surface area contributed by atoms with Gasteiger partial charge in [0.05, 0.1) is 59.9 Å². The van der Waals surface area contributed by atoms with E-state index in [4.69, 9.17) is 23.7 Å². The van der Waals surface area contributed by atoms with Crippen molar-refractivity contribution in [2.24, 2.45) is 10.5 Å². The summed E-state index contributed by atoms with van der Waals surface area (Å²) in [4.78, 5) is 30.8. The Morgan fingerprint density at radius 3 is 2.34 bits per heavy atom. The maximum absolute atomic E-state index is 14.0. The van der Waals surface area contributed by atoms with Gasteiger partial charge in [-0.15, -0.1) is 0 Å². The van der Waals surface area contributed by atoms with Gasteiger partial charge in [0.25, 0.3) is 0 Å². The molecular weight excluding hydrogens is 650 g/mol. The van der Waals surface area contributed by atoms with Gasteiger partial charge < -0.3 is 44.1 Å². The average molecular weight is 694 g/mol. The van der Waals surface area contributed by atoms with Crippen molar-refractivity contribution < 1.29 is 53.7 Å². The smallest absolute Gasteiger partial charge is 0.202 e. The molecule has 6 rings (SSSR count). The van der Waals surface area contributed by atoms with Gasteiger partial charge in [-0.2, -0.15) is 0 Å². The number of azide groups is 1. The van der Waals surface area contributed by atoms with Gasteiger partial charge in [0.15, 0.2) is 18.4 Å². The quantitative estimate of drug-likeness (QED) is 0.0858. The number of aliphatic hydroxyl groups is 2. The van der Waals surface area contributed by atoms with Gasteiger partial charge in [-0.05, 0) is 57.5 Å². The Kier molecular flexibility index (Phi) is 9.27. The van der Waals surface area contributed by atoms with Crippen LogP contribution < -0.4 is 4.74 Å². The van der Waals surface area contributed by atoms with E-state index in [-0.39, 0.29) is 64.8 Å². The van der Waals surface area contributed by atoms with Gasteiger partial charge >= 0.3 is 0 Å². The van der Waals surface area contributed by atoms with Crippen LogP contribution in [0.15, 0.2) is 35.5 Å². The molecular formula is C36H43N3O11. The molecule has 268 valence electrons. The van der Waals surface area contributed by atoms with E-state index >= 15 is 0 Å². The first kappa shape index (κ1) is 35.8. The van der Waals surface area contributed by atoms with Crippen molar-refractivity contribution in [1.82, 2.24) is 0 Å². The van der Waals surface area contributed by atoms with Gasteiger partial charge in [-0.3, -0.25) is 9.59 Å². The predicted octanol–water partition coefficient (Wildman–Crippen LogP) is 4.91. The van der Waals surface area contributed by atoms with Gasteiger partial charge in [0.2, 0.25) is 5.78 Å². The van der Waals surface area contributed by atoms with E-state index in [0.717, 1.165) is 5.57 Å². The molecule has 0 aromatic heterocycles. The Bertz CT molecular complexity index is 1800. The topological polar surface area (TPSA) is 210 Å². The molecule has 0 radical (unpaired) electrons. The molecule has 4 aliphatic rings. The number of fused-ring (bicyclic) bond motifs is 3. The number of phenolic OH excluding ortho intramolecular Hbond substituents is 2. The maximum Gasteiger partial charge on any atom is 0.202 e. The molecule has 2 aromatic carbocycles. The summed E-state index contributed by atoms with van der Waals surface area (Å²) in [6.45, 7) is 12.8. The fraction of sp³-hybridized carbons (Fsp3) is 0.556. The number of nitrogens with zero attached hydrogens (tertiary/aromatic N) is 3. The largest absolute Gasteiger partial charge is 0.507 e. The van der Waals surface area contributed by atoms with E-state index in [9.17, 15) is 35.5 Å². The van der Waals surface area contributed by atoms with Crippen molar-refractivity contribution in [2.45, 2.75) is 115 Å². The van der Waals surface area contributed by atoms with Crippen molar-refractivity contribution in [1.29, 1.82) is 0 Å². The number of rotatable bonds is 7. The lowest BCUT2D eigenvalue weighted by atomic mass is 9.66. The Balaban J connectivity index is 1.35.